The molecule has 0 aromatic heterocycles. The van der Waals surface area contributed by atoms with Crippen LogP contribution in [0, 0.1) is 0 Å². The van der Waals surface area contributed by atoms with Crippen molar-refractivity contribution >= 4 is 11.7 Å². The first-order chi connectivity index (χ1) is 9.11. The van der Waals surface area contributed by atoms with Crippen LogP contribution in [0.4, 0.5) is 0 Å². The van der Waals surface area contributed by atoms with Crippen molar-refractivity contribution in [2.75, 3.05) is 6.54 Å². The molecule has 0 rings (SSSR count). The fourth-order valence-corrected chi connectivity index (χ4v) is 1.90. The largest absolute Gasteiger partial charge is 0.385 e. The molecular formula is C15H29NO3. The summed E-state index contributed by atoms with van der Waals surface area (Å²) >= 11 is 0. The molecule has 0 aliphatic heterocycles. The van der Waals surface area contributed by atoms with E-state index in [2.05, 4.69) is 5.32 Å². The van der Waals surface area contributed by atoms with Gasteiger partial charge in [0, 0.05) is 19.4 Å². The molecular weight excluding hydrogens is 242 g/mol. The Kier molecular flexibility index (Phi) is 11.6. The number of unbranched alkanes of at least 4 members (excludes halogenated alkanes) is 3. The first-order valence-corrected chi connectivity index (χ1v) is 7.59. The summed E-state index contributed by atoms with van der Waals surface area (Å²) in [6.45, 7) is 4.73. The smallest absolute Gasteiger partial charge is 0.219 e. The number of rotatable bonds is 12. The summed E-state index contributed by atoms with van der Waals surface area (Å²) in [6.07, 6.45) is 6.27. The second-order valence-corrected chi connectivity index (χ2v) is 5.03. The fraction of sp³-hybridized carbons (Fsp3) is 0.867. The molecule has 0 aromatic rings. The van der Waals surface area contributed by atoms with Crippen LogP contribution in [0.3, 0.4) is 0 Å². The van der Waals surface area contributed by atoms with Gasteiger partial charge in [-0.25, -0.2) is 0 Å². The standard InChI is InChI=1S/C15H29NO3/c1-3-9-13(17)14(18)10-7-5-6-8-11-15(19)16-12-4-2/h14,18H,3-12H2,1-2H3,(H,16,19). The summed E-state index contributed by atoms with van der Waals surface area (Å²) in [5.74, 6) is 0.0847. The molecule has 0 fully saturated rings. The van der Waals surface area contributed by atoms with E-state index in [0.29, 0.717) is 19.3 Å². The van der Waals surface area contributed by atoms with E-state index in [1.165, 1.54) is 0 Å². The number of carbonyl (C=O) groups excluding carboxylic acids is 2. The number of Topliss-reactive ketones (excluding diaryl/α,β-unsaturated/α-hetero) is 1. The van der Waals surface area contributed by atoms with E-state index in [1.807, 2.05) is 13.8 Å². The van der Waals surface area contributed by atoms with Crippen LogP contribution in [0.25, 0.3) is 0 Å². The Bertz CT molecular complexity index is 254. The molecule has 0 saturated carbocycles. The normalized spacial score (nSPS) is 12.2. The maximum absolute atomic E-state index is 11.3. The second-order valence-electron chi connectivity index (χ2n) is 5.03. The lowest BCUT2D eigenvalue weighted by atomic mass is 10.0. The monoisotopic (exact) mass is 271 g/mol. The van der Waals surface area contributed by atoms with Crippen molar-refractivity contribution in [2.24, 2.45) is 0 Å². The third-order valence-electron chi connectivity index (χ3n) is 3.07. The SMILES string of the molecule is CCCNC(=O)CCCCCCC(O)C(=O)CCC. The van der Waals surface area contributed by atoms with Gasteiger partial charge in [-0.1, -0.05) is 33.1 Å². The topological polar surface area (TPSA) is 66.4 Å². The van der Waals surface area contributed by atoms with E-state index in [4.69, 9.17) is 0 Å². The number of carbonyl (C=O) groups is 2. The zero-order chi connectivity index (χ0) is 14.5. The molecule has 0 heterocycles. The Morgan fingerprint density at radius 2 is 1.68 bits per heavy atom. The van der Waals surface area contributed by atoms with Gasteiger partial charge in [0.1, 0.15) is 6.10 Å². The number of nitrogens with one attached hydrogen (secondary N) is 1. The zero-order valence-electron chi connectivity index (χ0n) is 12.4. The highest BCUT2D eigenvalue weighted by Gasteiger charge is 2.12. The minimum absolute atomic E-state index is 0.0403. The summed E-state index contributed by atoms with van der Waals surface area (Å²) in [6, 6.07) is 0. The van der Waals surface area contributed by atoms with E-state index in [9.17, 15) is 14.7 Å². The maximum atomic E-state index is 11.3. The van der Waals surface area contributed by atoms with Crippen LogP contribution in [-0.2, 0) is 9.59 Å². The molecule has 0 aliphatic rings. The number of amides is 1. The summed E-state index contributed by atoms with van der Waals surface area (Å²) in [5, 5.41) is 12.4. The summed E-state index contributed by atoms with van der Waals surface area (Å²) < 4.78 is 0. The number of hydrogen-bond donors (Lipinski definition) is 2. The fourth-order valence-electron chi connectivity index (χ4n) is 1.90. The van der Waals surface area contributed by atoms with Gasteiger partial charge >= 0.3 is 0 Å². The Hall–Kier alpha value is -0.900. The van der Waals surface area contributed by atoms with E-state index >= 15 is 0 Å². The second kappa shape index (κ2) is 12.2. The number of aliphatic hydroxyl groups excluding tert-OH is 1. The Labute approximate surface area is 117 Å². The molecule has 112 valence electrons. The first kappa shape index (κ1) is 18.1. The van der Waals surface area contributed by atoms with Crippen LogP contribution in [0.15, 0.2) is 0 Å². The van der Waals surface area contributed by atoms with Crippen LogP contribution in [0.1, 0.15) is 71.6 Å². The van der Waals surface area contributed by atoms with Crippen LogP contribution >= 0.6 is 0 Å². The third kappa shape index (κ3) is 10.7. The molecule has 0 bridgehead atoms. The van der Waals surface area contributed by atoms with Gasteiger partial charge in [0.2, 0.25) is 5.91 Å². The van der Waals surface area contributed by atoms with Gasteiger partial charge in [-0.3, -0.25) is 9.59 Å². The highest BCUT2D eigenvalue weighted by molar-refractivity contribution is 5.82. The van der Waals surface area contributed by atoms with Crippen LogP contribution in [0.5, 0.6) is 0 Å². The van der Waals surface area contributed by atoms with Crippen molar-refractivity contribution in [1.82, 2.24) is 5.32 Å². The molecule has 1 atom stereocenters. The van der Waals surface area contributed by atoms with Gasteiger partial charge in [0.05, 0.1) is 0 Å². The van der Waals surface area contributed by atoms with Crippen LogP contribution in [0.2, 0.25) is 0 Å². The number of aliphatic hydroxyl groups is 1. The molecule has 2 N–H and O–H groups in total. The molecule has 1 unspecified atom stereocenters. The predicted octanol–water partition coefficient (Wildman–Crippen LogP) is 2.58. The van der Waals surface area contributed by atoms with Gasteiger partial charge < -0.3 is 10.4 Å². The Balaban J connectivity index is 3.40. The van der Waals surface area contributed by atoms with Crippen molar-refractivity contribution in [1.29, 1.82) is 0 Å². The van der Waals surface area contributed by atoms with Gasteiger partial charge in [-0.05, 0) is 25.7 Å². The lowest BCUT2D eigenvalue weighted by molar-refractivity contribution is -0.127. The minimum Gasteiger partial charge on any atom is -0.385 e. The van der Waals surface area contributed by atoms with Crippen molar-refractivity contribution in [3.63, 3.8) is 0 Å². The minimum atomic E-state index is -0.784. The molecule has 4 nitrogen and oxygen atoms in total. The molecule has 1 amide bonds. The van der Waals surface area contributed by atoms with Crippen LogP contribution < -0.4 is 5.32 Å². The number of hydrogen-bond acceptors (Lipinski definition) is 3. The lowest BCUT2D eigenvalue weighted by Crippen LogP contribution is -2.23. The van der Waals surface area contributed by atoms with E-state index in [0.717, 1.165) is 45.1 Å². The molecule has 0 saturated heterocycles. The Morgan fingerprint density at radius 1 is 1.00 bits per heavy atom. The average Bonchev–Trinajstić information content (AvgIpc) is 2.40. The van der Waals surface area contributed by atoms with E-state index in [1.54, 1.807) is 0 Å². The molecule has 4 heteroatoms. The molecule has 0 aliphatic carbocycles. The average molecular weight is 271 g/mol. The van der Waals surface area contributed by atoms with Crippen molar-refractivity contribution in [3.05, 3.63) is 0 Å². The summed E-state index contributed by atoms with van der Waals surface area (Å²) in [7, 11) is 0. The highest BCUT2D eigenvalue weighted by Crippen LogP contribution is 2.09. The Morgan fingerprint density at radius 3 is 2.32 bits per heavy atom. The quantitative estimate of drug-likeness (QED) is 0.536. The van der Waals surface area contributed by atoms with Crippen molar-refractivity contribution in [3.8, 4) is 0 Å². The van der Waals surface area contributed by atoms with Gasteiger partial charge in [0.15, 0.2) is 5.78 Å². The summed E-state index contributed by atoms with van der Waals surface area (Å²) in [5.41, 5.74) is 0. The van der Waals surface area contributed by atoms with Crippen molar-refractivity contribution < 1.29 is 14.7 Å². The molecule has 0 radical (unpaired) electrons. The summed E-state index contributed by atoms with van der Waals surface area (Å²) in [4.78, 5) is 22.7. The van der Waals surface area contributed by atoms with E-state index in [-0.39, 0.29) is 11.7 Å². The molecule has 0 spiro atoms. The third-order valence-corrected chi connectivity index (χ3v) is 3.07. The highest BCUT2D eigenvalue weighted by atomic mass is 16.3. The van der Waals surface area contributed by atoms with Gasteiger partial charge in [-0.2, -0.15) is 0 Å². The zero-order valence-corrected chi connectivity index (χ0v) is 12.4. The van der Waals surface area contributed by atoms with E-state index < -0.39 is 6.10 Å². The van der Waals surface area contributed by atoms with Gasteiger partial charge in [0.25, 0.3) is 0 Å². The van der Waals surface area contributed by atoms with Gasteiger partial charge in [-0.15, -0.1) is 0 Å². The van der Waals surface area contributed by atoms with Crippen LogP contribution in [-0.4, -0.2) is 29.4 Å². The first-order valence-electron chi connectivity index (χ1n) is 7.59. The van der Waals surface area contributed by atoms with Crippen molar-refractivity contribution in [2.45, 2.75) is 77.7 Å². The molecule has 19 heavy (non-hydrogen) atoms. The predicted molar refractivity (Wildman–Crippen MR) is 76.9 cm³/mol. The lowest BCUT2D eigenvalue weighted by Gasteiger charge is -2.08. The molecule has 0 aromatic carbocycles. The number of ketones is 1. The maximum Gasteiger partial charge on any atom is 0.219 e.